The number of amides is 1. The van der Waals surface area contributed by atoms with Crippen molar-refractivity contribution in [2.24, 2.45) is 7.05 Å². The molecular formula is C19H20N2O3. The van der Waals surface area contributed by atoms with Crippen molar-refractivity contribution in [2.45, 2.75) is 12.8 Å². The van der Waals surface area contributed by atoms with Gasteiger partial charge in [-0.25, -0.2) is 0 Å². The Morgan fingerprint density at radius 1 is 1.29 bits per heavy atom. The minimum Gasteiger partial charge on any atom is -0.384 e. The van der Waals surface area contributed by atoms with E-state index in [2.05, 4.69) is 5.32 Å². The third-order valence-corrected chi connectivity index (χ3v) is 4.14. The molecule has 1 aromatic carbocycles. The number of benzene rings is 1. The molecule has 0 fully saturated rings. The van der Waals surface area contributed by atoms with Crippen molar-refractivity contribution in [1.29, 1.82) is 0 Å². The van der Waals surface area contributed by atoms with Gasteiger partial charge in [0, 0.05) is 37.2 Å². The van der Waals surface area contributed by atoms with Gasteiger partial charge in [0.2, 0.25) is 5.91 Å². The number of anilines is 1. The lowest BCUT2D eigenvalue weighted by Crippen LogP contribution is -2.21. The predicted octanol–water partition coefficient (Wildman–Crippen LogP) is 2.60. The number of pyridine rings is 1. The summed E-state index contributed by atoms with van der Waals surface area (Å²) in [6.07, 6.45) is 6.90. The van der Waals surface area contributed by atoms with Crippen LogP contribution in [-0.2, 0) is 23.0 Å². The number of fused-ring (bicyclic) bond motifs is 1. The van der Waals surface area contributed by atoms with Crippen LogP contribution >= 0.6 is 0 Å². The molecular weight excluding hydrogens is 304 g/mol. The van der Waals surface area contributed by atoms with Crippen molar-refractivity contribution >= 4 is 17.7 Å². The molecule has 0 bridgehead atoms. The number of nitrogens with zero attached hydrogens (tertiary/aromatic N) is 1. The topological polar surface area (TPSA) is 60.3 Å². The molecule has 5 heteroatoms. The van der Waals surface area contributed by atoms with Gasteiger partial charge >= 0.3 is 0 Å². The zero-order chi connectivity index (χ0) is 17.1. The zero-order valence-electron chi connectivity index (χ0n) is 13.8. The standard InChI is InChI=1S/C19H20N2O3/c1-21-12-17(15-4-3-5-16(15)19(21)23)13-6-8-14(9-7-13)20-18(22)10-11-24-2/h3-4,6-9,12H,5,10-11H2,1-2H3,(H,20,22). The molecule has 2 aromatic rings. The van der Waals surface area contributed by atoms with E-state index >= 15 is 0 Å². The monoisotopic (exact) mass is 324 g/mol. The van der Waals surface area contributed by atoms with Crippen molar-refractivity contribution < 1.29 is 9.53 Å². The molecule has 5 nitrogen and oxygen atoms in total. The van der Waals surface area contributed by atoms with Crippen LogP contribution in [-0.4, -0.2) is 24.2 Å². The van der Waals surface area contributed by atoms with Gasteiger partial charge < -0.3 is 14.6 Å². The van der Waals surface area contributed by atoms with Crippen LogP contribution in [0.3, 0.4) is 0 Å². The molecule has 1 aromatic heterocycles. The van der Waals surface area contributed by atoms with Crippen LogP contribution in [0.2, 0.25) is 0 Å². The van der Waals surface area contributed by atoms with Crippen LogP contribution in [0.25, 0.3) is 17.2 Å². The molecule has 124 valence electrons. The number of aryl methyl sites for hydroxylation is 1. The third kappa shape index (κ3) is 3.16. The Labute approximate surface area is 140 Å². The summed E-state index contributed by atoms with van der Waals surface area (Å²) in [5.74, 6) is -0.0736. The third-order valence-electron chi connectivity index (χ3n) is 4.14. The summed E-state index contributed by atoms with van der Waals surface area (Å²) in [5, 5.41) is 2.84. The number of hydrogen-bond acceptors (Lipinski definition) is 3. The Bertz CT molecular complexity index is 848. The van der Waals surface area contributed by atoms with Gasteiger partial charge in [-0.15, -0.1) is 0 Å². The van der Waals surface area contributed by atoms with E-state index in [1.165, 1.54) is 0 Å². The van der Waals surface area contributed by atoms with E-state index in [-0.39, 0.29) is 11.5 Å². The minimum absolute atomic E-state index is 0.0563. The Balaban J connectivity index is 1.86. The average molecular weight is 324 g/mol. The van der Waals surface area contributed by atoms with Gasteiger partial charge in [0.25, 0.3) is 5.56 Å². The van der Waals surface area contributed by atoms with Crippen LogP contribution in [0, 0.1) is 0 Å². The Morgan fingerprint density at radius 2 is 2.04 bits per heavy atom. The van der Waals surface area contributed by atoms with Crippen LogP contribution in [0.1, 0.15) is 17.5 Å². The first-order chi connectivity index (χ1) is 11.6. The highest BCUT2D eigenvalue weighted by Gasteiger charge is 2.16. The minimum atomic E-state index is -0.0736. The SMILES string of the molecule is COCCC(=O)Nc1ccc(-c2cn(C)c(=O)c3c2C=CC3)cc1. The maximum atomic E-state index is 12.2. The molecule has 1 heterocycles. The fourth-order valence-electron chi connectivity index (χ4n) is 2.88. The second-order valence-electron chi connectivity index (χ2n) is 5.83. The first-order valence-corrected chi connectivity index (χ1v) is 7.88. The highest BCUT2D eigenvalue weighted by Crippen LogP contribution is 2.30. The van der Waals surface area contributed by atoms with Crippen molar-refractivity contribution in [2.75, 3.05) is 19.0 Å². The summed E-state index contributed by atoms with van der Waals surface area (Å²) in [5.41, 5.74) is 4.68. The maximum absolute atomic E-state index is 12.2. The first kappa shape index (κ1) is 16.2. The number of hydrogen-bond donors (Lipinski definition) is 1. The molecule has 1 aliphatic rings. The Hall–Kier alpha value is -2.66. The molecule has 1 aliphatic carbocycles. The quantitative estimate of drug-likeness (QED) is 0.919. The first-order valence-electron chi connectivity index (χ1n) is 7.88. The largest absolute Gasteiger partial charge is 0.384 e. The van der Waals surface area contributed by atoms with Gasteiger partial charge in [0.05, 0.1) is 13.0 Å². The highest BCUT2D eigenvalue weighted by molar-refractivity contribution is 5.91. The highest BCUT2D eigenvalue weighted by atomic mass is 16.5. The fourth-order valence-corrected chi connectivity index (χ4v) is 2.88. The van der Waals surface area contributed by atoms with Crippen LogP contribution in [0.4, 0.5) is 5.69 Å². The summed E-state index contributed by atoms with van der Waals surface area (Å²) in [6, 6.07) is 7.66. The van der Waals surface area contributed by atoms with Crippen LogP contribution in [0.5, 0.6) is 0 Å². The van der Waals surface area contributed by atoms with Gasteiger partial charge in [-0.2, -0.15) is 0 Å². The molecule has 0 spiro atoms. The van der Waals surface area contributed by atoms with Gasteiger partial charge in [-0.3, -0.25) is 9.59 Å². The number of methoxy groups -OCH3 is 1. The van der Waals surface area contributed by atoms with Crippen molar-refractivity contribution in [3.05, 3.63) is 58.0 Å². The number of carbonyl (C=O) groups is 1. The van der Waals surface area contributed by atoms with Gasteiger partial charge in [-0.05, 0) is 29.7 Å². The molecule has 0 saturated heterocycles. The molecule has 0 atom stereocenters. The normalized spacial score (nSPS) is 12.2. The predicted molar refractivity (Wildman–Crippen MR) is 95.0 cm³/mol. The van der Waals surface area contributed by atoms with E-state index in [4.69, 9.17) is 4.74 Å². The average Bonchev–Trinajstić information content (AvgIpc) is 3.07. The number of aromatic nitrogens is 1. The van der Waals surface area contributed by atoms with Gasteiger partial charge in [-0.1, -0.05) is 24.3 Å². The Kier molecular flexibility index (Phi) is 4.62. The summed E-state index contributed by atoms with van der Waals surface area (Å²) in [4.78, 5) is 23.9. The maximum Gasteiger partial charge on any atom is 0.254 e. The van der Waals surface area contributed by atoms with Gasteiger partial charge in [0.1, 0.15) is 0 Å². The second kappa shape index (κ2) is 6.84. The summed E-state index contributed by atoms with van der Waals surface area (Å²) in [6.45, 7) is 0.403. The molecule has 0 aliphatic heterocycles. The molecule has 0 radical (unpaired) electrons. The lowest BCUT2D eigenvalue weighted by Gasteiger charge is -2.12. The van der Waals surface area contributed by atoms with Crippen molar-refractivity contribution in [3.8, 4) is 11.1 Å². The smallest absolute Gasteiger partial charge is 0.254 e. The second-order valence-corrected chi connectivity index (χ2v) is 5.83. The number of nitrogens with one attached hydrogen (secondary N) is 1. The molecule has 0 saturated carbocycles. The van der Waals surface area contributed by atoms with E-state index in [1.54, 1.807) is 18.7 Å². The molecule has 1 amide bonds. The number of allylic oxidation sites excluding steroid dienone is 1. The van der Waals surface area contributed by atoms with E-state index < -0.39 is 0 Å². The molecule has 24 heavy (non-hydrogen) atoms. The number of rotatable bonds is 5. The number of ether oxygens (including phenoxy) is 1. The fraction of sp³-hybridized carbons (Fsp3) is 0.263. The summed E-state index contributed by atoms with van der Waals surface area (Å²) < 4.78 is 6.52. The van der Waals surface area contributed by atoms with Crippen molar-refractivity contribution in [3.63, 3.8) is 0 Å². The molecule has 0 unspecified atom stereocenters. The Morgan fingerprint density at radius 3 is 2.75 bits per heavy atom. The summed E-state index contributed by atoms with van der Waals surface area (Å²) in [7, 11) is 3.34. The van der Waals surface area contributed by atoms with Crippen LogP contribution < -0.4 is 10.9 Å². The van der Waals surface area contributed by atoms with Gasteiger partial charge in [0.15, 0.2) is 0 Å². The lowest BCUT2D eigenvalue weighted by molar-refractivity contribution is -0.117. The lowest BCUT2D eigenvalue weighted by atomic mass is 9.99. The summed E-state index contributed by atoms with van der Waals surface area (Å²) >= 11 is 0. The van der Waals surface area contributed by atoms with Crippen LogP contribution in [0.15, 0.2) is 41.3 Å². The number of carbonyl (C=O) groups excluding carboxylic acids is 1. The zero-order valence-corrected chi connectivity index (χ0v) is 13.8. The van der Waals surface area contributed by atoms with E-state index in [1.807, 2.05) is 42.6 Å². The molecule has 3 rings (SSSR count). The van der Waals surface area contributed by atoms with Crippen molar-refractivity contribution in [1.82, 2.24) is 4.57 Å². The van der Waals surface area contributed by atoms with E-state index in [0.717, 1.165) is 27.9 Å². The van der Waals surface area contributed by atoms with E-state index in [0.29, 0.717) is 19.4 Å². The van der Waals surface area contributed by atoms with E-state index in [9.17, 15) is 9.59 Å². The molecule has 1 N–H and O–H groups in total.